The van der Waals surface area contributed by atoms with Gasteiger partial charge in [0.05, 0.1) is 5.75 Å². The van der Waals surface area contributed by atoms with Crippen molar-refractivity contribution in [2.24, 2.45) is 0 Å². The topological polar surface area (TPSA) is 0 Å². The van der Waals surface area contributed by atoms with E-state index in [1.54, 1.807) is 6.07 Å². The number of hydrogen-bond acceptors (Lipinski definition) is 1. The van der Waals surface area contributed by atoms with Gasteiger partial charge in [-0.2, -0.15) is 0 Å². The SMILES string of the molecule is Fc1ccccc1SCC(F)F. The Kier molecular flexibility index (Phi) is 3.47. The number of alkyl halides is 2. The molecule has 0 unspecified atom stereocenters. The predicted molar refractivity (Wildman–Crippen MR) is 43.1 cm³/mol. The van der Waals surface area contributed by atoms with Gasteiger partial charge in [-0.3, -0.25) is 0 Å². The van der Waals surface area contributed by atoms with Gasteiger partial charge in [0.25, 0.3) is 0 Å². The van der Waals surface area contributed by atoms with Crippen molar-refractivity contribution in [1.82, 2.24) is 0 Å². The van der Waals surface area contributed by atoms with Crippen LogP contribution in [-0.2, 0) is 0 Å². The van der Waals surface area contributed by atoms with Gasteiger partial charge in [-0.1, -0.05) is 12.1 Å². The van der Waals surface area contributed by atoms with E-state index < -0.39 is 12.2 Å². The normalized spacial score (nSPS) is 10.7. The summed E-state index contributed by atoms with van der Waals surface area (Å²) in [6.07, 6.45) is -2.39. The molecule has 0 fully saturated rings. The quantitative estimate of drug-likeness (QED) is 0.663. The summed E-state index contributed by atoms with van der Waals surface area (Å²) in [5.74, 6) is -0.802. The first-order valence-corrected chi connectivity index (χ1v) is 4.34. The monoisotopic (exact) mass is 192 g/mol. The highest BCUT2D eigenvalue weighted by Gasteiger charge is 2.06. The zero-order valence-electron chi connectivity index (χ0n) is 6.14. The fraction of sp³-hybridized carbons (Fsp3) is 0.250. The maximum Gasteiger partial charge on any atom is 0.247 e. The Morgan fingerprint density at radius 1 is 1.25 bits per heavy atom. The van der Waals surface area contributed by atoms with Crippen LogP contribution < -0.4 is 0 Å². The molecule has 0 aliphatic carbocycles. The molecule has 0 N–H and O–H groups in total. The maximum absolute atomic E-state index is 12.8. The van der Waals surface area contributed by atoms with Crippen molar-refractivity contribution in [2.75, 3.05) is 5.75 Å². The molecular weight excluding hydrogens is 185 g/mol. The average molecular weight is 192 g/mol. The number of halogens is 3. The molecule has 0 aliphatic rings. The largest absolute Gasteiger partial charge is 0.247 e. The molecular formula is C8H7F3S. The van der Waals surface area contributed by atoms with Crippen molar-refractivity contribution in [2.45, 2.75) is 11.3 Å². The van der Waals surface area contributed by atoms with Gasteiger partial charge in [0.1, 0.15) is 5.82 Å². The van der Waals surface area contributed by atoms with Crippen LogP contribution in [0.3, 0.4) is 0 Å². The van der Waals surface area contributed by atoms with Crippen molar-refractivity contribution in [3.8, 4) is 0 Å². The fourth-order valence-corrected chi connectivity index (χ4v) is 1.40. The van der Waals surface area contributed by atoms with E-state index in [1.165, 1.54) is 18.2 Å². The number of thioether (sulfide) groups is 1. The van der Waals surface area contributed by atoms with Gasteiger partial charge in [-0.05, 0) is 12.1 Å². The van der Waals surface area contributed by atoms with E-state index in [2.05, 4.69) is 0 Å². The van der Waals surface area contributed by atoms with Crippen LogP contribution in [0.15, 0.2) is 29.2 Å². The smallest absolute Gasteiger partial charge is 0.210 e. The van der Waals surface area contributed by atoms with Gasteiger partial charge in [0.2, 0.25) is 6.43 Å². The van der Waals surface area contributed by atoms with Gasteiger partial charge in [-0.25, -0.2) is 13.2 Å². The summed E-state index contributed by atoms with van der Waals surface area (Å²) < 4.78 is 36.2. The van der Waals surface area contributed by atoms with Gasteiger partial charge in [-0.15, -0.1) is 11.8 Å². The summed E-state index contributed by atoms with van der Waals surface area (Å²) in [6, 6.07) is 5.90. The molecule has 0 saturated carbocycles. The van der Waals surface area contributed by atoms with Crippen LogP contribution in [0.25, 0.3) is 0 Å². The molecule has 66 valence electrons. The lowest BCUT2D eigenvalue weighted by Gasteiger charge is -2.00. The summed E-state index contributed by atoms with van der Waals surface area (Å²) in [7, 11) is 0. The number of benzene rings is 1. The van der Waals surface area contributed by atoms with Gasteiger partial charge < -0.3 is 0 Å². The molecule has 0 saturated heterocycles. The van der Waals surface area contributed by atoms with Crippen molar-refractivity contribution in [1.29, 1.82) is 0 Å². The zero-order valence-corrected chi connectivity index (χ0v) is 6.95. The fourth-order valence-electron chi connectivity index (χ4n) is 0.715. The summed E-state index contributed by atoms with van der Waals surface area (Å²) in [5, 5.41) is 0. The average Bonchev–Trinajstić information content (AvgIpc) is 2.03. The van der Waals surface area contributed by atoms with Crippen LogP contribution in [0.2, 0.25) is 0 Å². The molecule has 0 spiro atoms. The summed E-state index contributed by atoms with van der Waals surface area (Å²) in [6.45, 7) is 0. The van der Waals surface area contributed by atoms with Crippen LogP contribution in [0.1, 0.15) is 0 Å². The van der Waals surface area contributed by atoms with Gasteiger partial charge in [0, 0.05) is 4.90 Å². The molecule has 1 aromatic rings. The van der Waals surface area contributed by atoms with Crippen LogP contribution >= 0.6 is 11.8 Å². The lowest BCUT2D eigenvalue weighted by molar-refractivity contribution is 0.177. The Balaban J connectivity index is 2.57. The second kappa shape index (κ2) is 4.40. The minimum Gasteiger partial charge on any atom is -0.210 e. The Bertz CT molecular complexity index is 250. The van der Waals surface area contributed by atoms with Crippen LogP contribution in [0.5, 0.6) is 0 Å². The highest BCUT2D eigenvalue weighted by molar-refractivity contribution is 7.99. The molecule has 0 heterocycles. The van der Waals surface area contributed by atoms with Crippen molar-refractivity contribution >= 4 is 11.8 Å². The van der Waals surface area contributed by atoms with E-state index in [1.807, 2.05) is 0 Å². The third-order valence-electron chi connectivity index (χ3n) is 1.20. The Labute approximate surface area is 72.8 Å². The second-order valence-electron chi connectivity index (χ2n) is 2.13. The Morgan fingerprint density at radius 3 is 2.50 bits per heavy atom. The molecule has 4 heteroatoms. The van der Waals surface area contributed by atoms with Gasteiger partial charge >= 0.3 is 0 Å². The standard InChI is InChI=1S/C8H7F3S/c9-6-3-1-2-4-7(6)12-5-8(10)11/h1-4,8H,5H2. The maximum atomic E-state index is 12.8. The van der Waals surface area contributed by atoms with E-state index in [9.17, 15) is 13.2 Å². The second-order valence-corrected chi connectivity index (χ2v) is 3.19. The minimum absolute atomic E-state index is 0.276. The highest BCUT2D eigenvalue weighted by atomic mass is 32.2. The molecule has 0 aliphatic heterocycles. The number of hydrogen-bond donors (Lipinski definition) is 0. The van der Waals surface area contributed by atoms with Crippen LogP contribution in [0, 0.1) is 5.82 Å². The molecule has 0 aromatic heterocycles. The van der Waals surface area contributed by atoms with Crippen molar-refractivity contribution < 1.29 is 13.2 Å². The van der Waals surface area contributed by atoms with E-state index >= 15 is 0 Å². The molecule has 1 rings (SSSR count). The lowest BCUT2D eigenvalue weighted by Crippen LogP contribution is -1.94. The Morgan fingerprint density at radius 2 is 1.92 bits per heavy atom. The summed E-state index contributed by atoms with van der Waals surface area (Å²) >= 11 is 0.830. The minimum atomic E-state index is -2.39. The lowest BCUT2D eigenvalue weighted by atomic mass is 10.3. The van der Waals surface area contributed by atoms with Crippen molar-refractivity contribution in [3.05, 3.63) is 30.1 Å². The predicted octanol–water partition coefficient (Wildman–Crippen LogP) is 3.18. The molecule has 12 heavy (non-hydrogen) atoms. The first-order chi connectivity index (χ1) is 5.70. The molecule has 0 atom stereocenters. The van der Waals surface area contributed by atoms with E-state index in [-0.39, 0.29) is 10.6 Å². The highest BCUT2D eigenvalue weighted by Crippen LogP contribution is 2.22. The first-order valence-electron chi connectivity index (χ1n) is 3.35. The first kappa shape index (κ1) is 9.45. The molecule has 1 aromatic carbocycles. The Hall–Kier alpha value is -0.640. The van der Waals surface area contributed by atoms with Gasteiger partial charge in [0.15, 0.2) is 0 Å². The molecule has 0 nitrogen and oxygen atoms in total. The van der Waals surface area contributed by atoms with E-state index in [0.717, 1.165) is 11.8 Å². The van der Waals surface area contributed by atoms with Crippen molar-refractivity contribution in [3.63, 3.8) is 0 Å². The number of rotatable bonds is 3. The molecule has 0 bridgehead atoms. The third-order valence-corrected chi connectivity index (χ3v) is 2.26. The zero-order chi connectivity index (χ0) is 8.97. The van der Waals surface area contributed by atoms with E-state index in [0.29, 0.717) is 0 Å². The molecule has 0 amide bonds. The van der Waals surface area contributed by atoms with E-state index in [4.69, 9.17) is 0 Å². The molecule has 0 radical (unpaired) electrons. The summed E-state index contributed by atoms with van der Waals surface area (Å²) in [5.41, 5.74) is 0. The van der Waals surface area contributed by atoms with Crippen LogP contribution in [0.4, 0.5) is 13.2 Å². The third kappa shape index (κ3) is 2.77. The van der Waals surface area contributed by atoms with Crippen LogP contribution in [-0.4, -0.2) is 12.2 Å². The summed E-state index contributed by atoms with van der Waals surface area (Å²) in [4.78, 5) is 0.276.